The van der Waals surface area contributed by atoms with Crippen molar-refractivity contribution in [2.45, 2.75) is 64.1 Å². The van der Waals surface area contributed by atoms with E-state index in [1.165, 1.54) is 59.8 Å². The zero-order valence-electron chi connectivity index (χ0n) is 18.7. The highest BCUT2D eigenvalue weighted by Crippen LogP contribution is 2.46. The molecule has 0 atom stereocenters. The summed E-state index contributed by atoms with van der Waals surface area (Å²) in [5.74, 6) is -0.389. The van der Waals surface area contributed by atoms with Crippen LogP contribution in [0.3, 0.4) is 0 Å². The normalized spacial score (nSPS) is 16.6. The van der Waals surface area contributed by atoms with Gasteiger partial charge in [0, 0.05) is 49.1 Å². The van der Waals surface area contributed by atoms with Crippen molar-refractivity contribution in [3.8, 4) is 11.3 Å². The van der Waals surface area contributed by atoms with Gasteiger partial charge in [0.25, 0.3) is 0 Å². The summed E-state index contributed by atoms with van der Waals surface area (Å²) < 4.78 is 4.73. The number of nitrogens with zero attached hydrogens (tertiary/aromatic N) is 2. The third-order valence-corrected chi connectivity index (χ3v) is 7.65. The number of rotatable bonds is 4. The third-order valence-electron chi connectivity index (χ3n) is 7.65. The molecule has 6 rings (SSSR count). The van der Waals surface area contributed by atoms with Crippen LogP contribution in [0, 0.1) is 0 Å². The van der Waals surface area contributed by atoms with Gasteiger partial charge in [-0.25, -0.2) is 10.3 Å². The molecular weight excluding hydrogens is 414 g/mol. The van der Waals surface area contributed by atoms with Gasteiger partial charge in [0.1, 0.15) is 0 Å². The molecule has 0 spiro atoms. The average molecular weight is 446 g/mol. The van der Waals surface area contributed by atoms with E-state index in [0.29, 0.717) is 18.0 Å². The number of para-hydroxylation sites is 1. The number of carbonyl (C=O) groups is 1. The van der Waals surface area contributed by atoms with Crippen molar-refractivity contribution in [1.29, 1.82) is 0 Å². The van der Waals surface area contributed by atoms with E-state index in [0.717, 1.165) is 36.0 Å². The number of nitrogens with one attached hydrogen (secondary N) is 1. The van der Waals surface area contributed by atoms with Crippen LogP contribution in [0.5, 0.6) is 0 Å². The molecular formula is C27H31N3O3. The van der Waals surface area contributed by atoms with Crippen LogP contribution in [0.2, 0.25) is 0 Å². The Bertz CT molecular complexity index is 1380. The largest absolute Gasteiger partial charge is 0.478 e. The summed E-state index contributed by atoms with van der Waals surface area (Å²) in [4.78, 5) is 11.8. The molecule has 2 aromatic heterocycles. The smallest absolute Gasteiger partial charge is 0.335 e. The van der Waals surface area contributed by atoms with E-state index in [2.05, 4.69) is 39.0 Å². The van der Waals surface area contributed by atoms with Crippen LogP contribution in [0.1, 0.15) is 67.4 Å². The predicted octanol–water partition coefficient (Wildman–Crippen LogP) is 6.14. The number of carboxylic acid groups (broad SMARTS) is 1. The predicted molar refractivity (Wildman–Crippen MR) is 131 cm³/mol. The fourth-order valence-corrected chi connectivity index (χ4v) is 6.26. The number of aromatic carboxylic acids is 1. The van der Waals surface area contributed by atoms with Gasteiger partial charge in [0.15, 0.2) is 0 Å². The van der Waals surface area contributed by atoms with Crippen LogP contribution < -0.4 is 5.48 Å². The number of hydrogen-bond acceptors (Lipinski definition) is 3. The minimum atomic E-state index is -0.880. The van der Waals surface area contributed by atoms with Crippen molar-refractivity contribution in [3.63, 3.8) is 0 Å². The van der Waals surface area contributed by atoms with Gasteiger partial charge in [-0.1, -0.05) is 43.5 Å². The molecule has 0 bridgehead atoms. The summed E-state index contributed by atoms with van der Waals surface area (Å²) in [5, 5.41) is 21.4. The molecule has 1 fully saturated rings. The lowest BCUT2D eigenvalue weighted by Crippen LogP contribution is -2.11. The van der Waals surface area contributed by atoms with Crippen molar-refractivity contribution >= 4 is 27.8 Å². The molecule has 2 aromatic carbocycles. The summed E-state index contributed by atoms with van der Waals surface area (Å²) in [7, 11) is 0. The zero-order valence-corrected chi connectivity index (χ0v) is 18.7. The summed E-state index contributed by atoms with van der Waals surface area (Å²) in [6.07, 6.45) is 9.28. The van der Waals surface area contributed by atoms with Crippen LogP contribution in [-0.4, -0.2) is 25.4 Å². The second-order valence-electron chi connectivity index (χ2n) is 9.52. The average Bonchev–Trinajstić information content (AvgIpc) is 3.34. The van der Waals surface area contributed by atoms with Crippen LogP contribution in [-0.2, 0) is 19.6 Å². The number of aromatic nitrogens is 2. The number of hydrogen-bond donors (Lipinski definition) is 3. The van der Waals surface area contributed by atoms with E-state index in [4.69, 9.17) is 0 Å². The Labute approximate surface area is 193 Å². The van der Waals surface area contributed by atoms with Crippen molar-refractivity contribution < 1.29 is 16.5 Å². The number of hydroxylamine groups is 1. The number of carboxylic acids is 1. The second kappa shape index (κ2) is 8.04. The van der Waals surface area contributed by atoms with Crippen molar-refractivity contribution in [3.05, 3.63) is 59.3 Å². The first-order valence-electron chi connectivity index (χ1n) is 12.0. The first kappa shape index (κ1) is 20.5. The first-order valence-corrected chi connectivity index (χ1v) is 12.0. The zero-order chi connectivity index (χ0) is 22.5. The van der Waals surface area contributed by atoms with Crippen molar-refractivity contribution in [2.75, 3.05) is 0 Å². The molecule has 0 amide bonds. The Kier molecular flexibility index (Phi) is 5.00. The van der Waals surface area contributed by atoms with E-state index in [-0.39, 0.29) is 1.43 Å². The van der Waals surface area contributed by atoms with E-state index >= 15 is 0 Å². The minimum absolute atomic E-state index is 0. The van der Waals surface area contributed by atoms with Crippen molar-refractivity contribution in [2.24, 2.45) is 0 Å². The molecule has 3 N–H and O–H groups in total. The number of aryl methyl sites for hydroxylation is 2. The topological polar surface area (TPSA) is 79.4 Å². The fraction of sp³-hybridized carbons (Fsp3) is 0.370. The van der Waals surface area contributed by atoms with E-state index in [1.807, 2.05) is 12.1 Å². The standard InChI is InChI=1S/C27H29N3O3.H2/c31-27(32)18-10-11-21-23(14-18)30-13-5-12-29-16-19(15-28-33)20-8-4-9-22(25(20)29)26(30)24(21)17-6-2-1-3-7-17;/h4,8-11,14,16-17,28,33H,1-3,5-7,12-13,15H2,(H,31,32);1H. The van der Waals surface area contributed by atoms with E-state index < -0.39 is 5.97 Å². The fourth-order valence-electron chi connectivity index (χ4n) is 6.26. The lowest BCUT2D eigenvalue weighted by atomic mass is 9.81. The van der Waals surface area contributed by atoms with Gasteiger partial charge in [0.05, 0.1) is 16.8 Å². The molecule has 1 saturated carbocycles. The molecule has 1 aliphatic carbocycles. The van der Waals surface area contributed by atoms with Crippen LogP contribution in [0.15, 0.2) is 42.6 Å². The molecule has 1 aliphatic heterocycles. The Morgan fingerprint density at radius 2 is 1.91 bits per heavy atom. The number of benzene rings is 2. The van der Waals surface area contributed by atoms with Gasteiger partial charge in [-0.15, -0.1) is 0 Å². The Balaban J connectivity index is 0.00000241. The summed E-state index contributed by atoms with van der Waals surface area (Å²) in [6, 6.07) is 12.1. The Morgan fingerprint density at radius 1 is 1.06 bits per heavy atom. The van der Waals surface area contributed by atoms with Gasteiger partial charge >= 0.3 is 5.97 Å². The Hall–Kier alpha value is -3.09. The molecule has 0 saturated heterocycles. The third kappa shape index (κ3) is 3.20. The maximum atomic E-state index is 11.8. The molecule has 2 aliphatic rings. The molecule has 33 heavy (non-hydrogen) atoms. The maximum Gasteiger partial charge on any atom is 0.335 e. The van der Waals surface area contributed by atoms with Crippen molar-refractivity contribution in [1.82, 2.24) is 14.6 Å². The van der Waals surface area contributed by atoms with Crippen LogP contribution in [0.4, 0.5) is 0 Å². The first-order chi connectivity index (χ1) is 16.2. The van der Waals surface area contributed by atoms with E-state index in [1.54, 1.807) is 6.07 Å². The van der Waals surface area contributed by atoms with Gasteiger partial charge < -0.3 is 19.4 Å². The summed E-state index contributed by atoms with van der Waals surface area (Å²) in [6.45, 7) is 2.14. The molecule has 172 valence electrons. The lowest BCUT2D eigenvalue weighted by molar-refractivity contribution is 0.0697. The maximum absolute atomic E-state index is 11.8. The highest BCUT2D eigenvalue weighted by atomic mass is 16.5. The Morgan fingerprint density at radius 3 is 2.70 bits per heavy atom. The SMILES string of the molecule is O=C(O)c1ccc2c(C3CCCCC3)c3n(c2c1)CCCn1cc(CNO)c2cccc-3c21.[HH]. The second-order valence-corrected chi connectivity index (χ2v) is 9.52. The lowest BCUT2D eigenvalue weighted by Gasteiger charge is -2.25. The van der Waals surface area contributed by atoms with Gasteiger partial charge in [-0.2, -0.15) is 0 Å². The molecule has 3 heterocycles. The van der Waals surface area contributed by atoms with Gasteiger partial charge in [-0.3, -0.25) is 0 Å². The highest BCUT2D eigenvalue weighted by molar-refractivity contribution is 6.03. The minimum Gasteiger partial charge on any atom is -0.478 e. The summed E-state index contributed by atoms with van der Waals surface area (Å²) >= 11 is 0. The molecule has 0 unspecified atom stereocenters. The van der Waals surface area contributed by atoms with Gasteiger partial charge in [0.2, 0.25) is 0 Å². The van der Waals surface area contributed by atoms with E-state index in [9.17, 15) is 15.1 Å². The highest BCUT2D eigenvalue weighted by Gasteiger charge is 2.29. The summed E-state index contributed by atoms with van der Waals surface area (Å²) in [5.41, 5.74) is 9.88. The molecule has 4 aromatic rings. The molecule has 0 radical (unpaired) electrons. The molecule has 6 nitrogen and oxygen atoms in total. The number of fused-ring (bicyclic) bond motifs is 4. The van der Waals surface area contributed by atoms with Crippen LogP contribution >= 0.6 is 0 Å². The quantitative estimate of drug-likeness (QED) is 0.330. The van der Waals surface area contributed by atoms with Crippen LogP contribution in [0.25, 0.3) is 33.1 Å². The monoisotopic (exact) mass is 445 g/mol. The molecule has 6 heteroatoms. The van der Waals surface area contributed by atoms with Gasteiger partial charge in [-0.05, 0) is 48.4 Å².